The van der Waals surface area contributed by atoms with E-state index in [1.807, 2.05) is 6.07 Å². The molecule has 1 aromatic carbocycles. The summed E-state index contributed by atoms with van der Waals surface area (Å²) in [5.41, 5.74) is 2.71. The lowest BCUT2D eigenvalue weighted by Crippen LogP contribution is -2.48. The van der Waals surface area contributed by atoms with Gasteiger partial charge in [0.1, 0.15) is 0 Å². The van der Waals surface area contributed by atoms with Crippen molar-refractivity contribution in [3.05, 3.63) is 35.4 Å². The molecule has 0 bridgehead atoms. The average Bonchev–Trinajstić information content (AvgIpc) is 2.92. The van der Waals surface area contributed by atoms with E-state index in [1.165, 1.54) is 11.1 Å². The molecule has 142 valence electrons. The number of carbonyl (C=O) groups excluding carboxylic acids is 1. The van der Waals surface area contributed by atoms with Gasteiger partial charge in [-0.2, -0.15) is 0 Å². The molecule has 3 rings (SSSR count). The fraction of sp³-hybridized carbons (Fsp3) is 0.588. The maximum atomic E-state index is 13.1. The van der Waals surface area contributed by atoms with Crippen molar-refractivity contribution >= 4 is 30.7 Å². The standard InChI is InChI=1S/C17H23F2N3O.2ClH/c1-12(9-20-16(23)15-8-17(18,19)11-21-15)22-7-6-13-4-2-3-5-14(13)10-22;;/h2-5,12,15,21H,6-11H2,1H3,(H,20,23);2*1H. The van der Waals surface area contributed by atoms with E-state index in [1.54, 1.807) is 0 Å². The van der Waals surface area contributed by atoms with E-state index >= 15 is 0 Å². The molecule has 1 saturated heterocycles. The number of halogens is 4. The van der Waals surface area contributed by atoms with Gasteiger partial charge in [0.25, 0.3) is 5.92 Å². The number of nitrogens with one attached hydrogen (secondary N) is 2. The molecule has 4 nitrogen and oxygen atoms in total. The summed E-state index contributed by atoms with van der Waals surface area (Å²) in [4.78, 5) is 14.3. The van der Waals surface area contributed by atoms with Crippen LogP contribution in [-0.4, -0.2) is 48.4 Å². The second kappa shape index (κ2) is 9.12. The van der Waals surface area contributed by atoms with E-state index in [2.05, 4.69) is 40.7 Å². The highest BCUT2D eigenvalue weighted by Gasteiger charge is 2.42. The fourth-order valence-corrected chi connectivity index (χ4v) is 3.30. The molecule has 0 radical (unpaired) electrons. The highest BCUT2D eigenvalue weighted by atomic mass is 35.5. The van der Waals surface area contributed by atoms with Gasteiger partial charge in [-0.1, -0.05) is 24.3 Å². The topological polar surface area (TPSA) is 44.4 Å². The Balaban J connectivity index is 0.00000156. The zero-order valence-electron chi connectivity index (χ0n) is 14.1. The largest absolute Gasteiger partial charge is 0.353 e. The van der Waals surface area contributed by atoms with Crippen LogP contribution in [0.2, 0.25) is 0 Å². The second-order valence-electron chi connectivity index (χ2n) is 6.58. The Morgan fingerprint density at radius 2 is 2.04 bits per heavy atom. The minimum atomic E-state index is -2.77. The Morgan fingerprint density at radius 1 is 1.36 bits per heavy atom. The quantitative estimate of drug-likeness (QED) is 0.822. The van der Waals surface area contributed by atoms with Crippen LogP contribution in [0.3, 0.4) is 0 Å². The van der Waals surface area contributed by atoms with Crippen LogP contribution in [0.25, 0.3) is 0 Å². The summed E-state index contributed by atoms with van der Waals surface area (Å²) in [6.07, 6.45) is 0.592. The summed E-state index contributed by atoms with van der Waals surface area (Å²) in [5, 5.41) is 5.39. The third-order valence-electron chi connectivity index (χ3n) is 4.78. The molecule has 0 spiro atoms. The van der Waals surface area contributed by atoms with Crippen LogP contribution in [0.15, 0.2) is 24.3 Å². The zero-order chi connectivity index (χ0) is 16.4. The number of hydrogen-bond donors (Lipinski definition) is 2. The molecule has 1 fully saturated rings. The van der Waals surface area contributed by atoms with E-state index in [9.17, 15) is 13.6 Å². The first-order chi connectivity index (χ1) is 10.9. The minimum absolute atomic E-state index is 0. The lowest BCUT2D eigenvalue weighted by molar-refractivity contribution is -0.123. The first kappa shape index (κ1) is 22.1. The Kier molecular flexibility index (Phi) is 8.06. The van der Waals surface area contributed by atoms with Crippen LogP contribution in [0.5, 0.6) is 0 Å². The van der Waals surface area contributed by atoms with Crippen LogP contribution in [0.1, 0.15) is 24.5 Å². The monoisotopic (exact) mass is 395 g/mol. The van der Waals surface area contributed by atoms with Crippen molar-refractivity contribution in [2.45, 2.75) is 44.3 Å². The number of alkyl halides is 2. The molecule has 2 N–H and O–H groups in total. The Hall–Kier alpha value is -0.950. The smallest absolute Gasteiger partial charge is 0.262 e. The normalized spacial score (nSPS) is 22.9. The highest BCUT2D eigenvalue weighted by Crippen LogP contribution is 2.25. The van der Waals surface area contributed by atoms with Crippen LogP contribution in [0.4, 0.5) is 8.78 Å². The molecule has 2 aliphatic heterocycles. The average molecular weight is 396 g/mol. The van der Waals surface area contributed by atoms with Gasteiger partial charge in [-0.05, 0) is 24.5 Å². The molecule has 8 heteroatoms. The van der Waals surface area contributed by atoms with Crippen molar-refractivity contribution < 1.29 is 13.6 Å². The van der Waals surface area contributed by atoms with Gasteiger partial charge in [-0.15, -0.1) is 24.8 Å². The number of carbonyl (C=O) groups is 1. The third kappa shape index (κ3) is 5.51. The van der Waals surface area contributed by atoms with E-state index in [4.69, 9.17) is 0 Å². The summed E-state index contributed by atoms with van der Waals surface area (Å²) in [6, 6.07) is 7.79. The van der Waals surface area contributed by atoms with Gasteiger partial charge in [0.15, 0.2) is 0 Å². The summed E-state index contributed by atoms with van der Waals surface area (Å²) < 4.78 is 26.3. The number of hydrogen-bond acceptors (Lipinski definition) is 3. The number of rotatable bonds is 4. The van der Waals surface area contributed by atoms with Gasteiger partial charge in [0.05, 0.1) is 12.6 Å². The van der Waals surface area contributed by atoms with Gasteiger partial charge in [-0.25, -0.2) is 8.78 Å². The third-order valence-corrected chi connectivity index (χ3v) is 4.78. The lowest BCUT2D eigenvalue weighted by atomic mass is 9.99. The van der Waals surface area contributed by atoms with Crippen LogP contribution in [-0.2, 0) is 17.8 Å². The van der Waals surface area contributed by atoms with Gasteiger partial charge in [0.2, 0.25) is 5.91 Å². The molecule has 2 unspecified atom stereocenters. The predicted octanol–water partition coefficient (Wildman–Crippen LogP) is 2.39. The lowest BCUT2D eigenvalue weighted by Gasteiger charge is -2.34. The van der Waals surface area contributed by atoms with Gasteiger partial charge in [-0.3, -0.25) is 15.0 Å². The van der Waals surface area contributed by atoms with Crippen LogP contribution < -0.4 is 10.6 Å². The second-order valence-corrected chi connectivity index (χ2v) is 6.58. The summed E-state index contributed by atoms with van der Waals surface area (Å²) in [5.74, 6) is -3.10. The first-order valence-corrected chi connectivity index (χ1v) is 8.14. The predicted molar refractivity (Wildman–Crippen MR) is 98.9 cm³/mol. The zero-order valence-corrected chi connectivity index (χ0v) is 15.8. The summed E-state index contributed by atoms with van der Waals surface area (Å²) in [6.45, 7) is 3.94. The van der Waals surface area contributed by atoms with Gasteiger partial charge in [0, 0.05) is 32.1 Å². The van der Waals surface area contributed by atoms with Crippen molar-refractivity contribution in [2.24, 2.45) is 0 Å². The Bertz CT molecular complexity index is 589. The Labute approximate surface area is 159 Å². The molecule has 2 atom stereocenters. The maximum Gasteiger partial charge on any atom is 0.262 e. The molecule has 0 saturated carbocycles. The molecular formula is C17H25Cl2F2N3O. The molecule has 0 aromatic heterocycles. The van der Waals surface area contributed by atoms with Gasteiger partial charge >= 0.3 is 0 Å². The molecule has 25 heavy (non-hydrogen) atoms. The molecule has 0 aliphatic carbocycles. The van der Waals surface area contributed by atoms with E-state index in [0.29, 0.717) is 6.54 Å². The summed E-state index contributed by atoms with van der Waals surface area (Å²) in [7, 11) is 0. The van der Waals surface area contributed by atoms with Crippen molar-refractivity contribution in [3.63, 3.8) is 0 Å². The van der Waals surface area contributed by atoms with Crippen molar-refractivity contribution in [2.75, 3.05) is 19.6 Å². The summed E-state index contributed by atoms with van der Waals surface area (Å²) >= 11 is 0. The number of fused-ring (bicyclic) bond motifs is 1. The molecule has 1 amide bonds. The molecule has 2 heterocycles. The van der Waals surface area contributed by atoms with Crippen molar-refractivity contribution in [1.29, 1.82) is 0 Å². The number of nitrogens with zero attached hydrogens (tertiary/aromatic N) is 1. The van der Waals surface area contributed by atoms with Crippen molar-refractivity contribution in [3.8, 4) is 0 Å². The van der Waals surface area contributed by atoms with Crippen molar-refractivity contribution in [1.82, 2.24) is 15.5 Å². The van der Waals surface area contributed by atoms with Crippen LogP contribution >= 0.6 is 24.8 Å². The SMILES string of the molecule is CC(CNC(=O)C1CC(F)(F)CN1)N1CCc2ccccc2C1.Cl.Cl. The molecule has 1 aromatic rings. The first-order valence-electron chi connectivity index (χ1n) is 8.14. The minimum Gasteiger partial charge on any atom is -0.353 e. The molecular weight excluding hydrogens is 371 g/mol. The number of amides is 1. The Morgan fingerprint density at radius 3 is 2.68 bits per heavy atom. The highest BCUT2D eigenvalue weighted by molar-refractivity contribution is 5.85. The van der Waals surface area contributed by atoms with Gasteiger partial charge < -0.3 is 5.32 Å². The van der Waals surface area contributed by atoms with E-state index in [-0.39, 0.29) is 36.8 Å². The number of benzene rings is 1. The van der Waals surface area contributed by atoms with E-state index < -0.39 is 24.9 Å². The molecule has 2 aliphatic rings. The van der Waals surface area contributed by atoms with E-state index in [0.717, 1.165) is 19.5 Å². The fourth-order valence-electron chi connectivity index (χ4n) is 3.30. The van der Waals surface area contributed by atoms with Crippen LogP contribution in [0, 0.1) is 0 Å². The maximum absolute atomic E-state index is 13.1.